The van der Waals surface area contributed by atoms with Crippen LogP contribution in [0.3, 0.4) is 0 Å². The molecule has 2 aromatic carbocycles. The maximum absolute atomic E-state index is 16.1. The van der Waals surface area contributed by atoms with Gasteiger partial charge in [0, 0.05) is 55.7 Å². The van der Waals surface area contributed by atoms with Crippen molar-refractivity contribution in [3.8, 4) is 11.3 Å². The van der Waals surface area contributed by atoms with E-state index in [0.717, 1.165) is 72.4 Å². The van der Waals surface area contributed by atoms with Crippen LogP contribution in [0, 0.1) is 12.7 Å². The summed E-state index contributed by atoms with van der Waals surface area (Å²) in [6.45, 7) is 10.9. The van der Waals surface area contributed by atoms with E-state index in [9.17, 15) is 14.4 Å². The van der Waals surface area contributed by atoms with Crippen molar-refractivity contribution in [1.82, 2.24) is 50.1 Å². The molecule has 6 aromatic rings. The molecule has 2 N–H and O–H groups in total. The Labute approximate surface area is 322 Å². The normalized spacial score (nSPS) is 15.9. The first-order valence-corrected chi connectivity index (χ1v) is 18.9. The van der Waals surface area contributed by atoms with Gasteiger partial charge in [0.1, 0.15) is 11.8 Å². The van der Waals surface area contributed by atoms with Crippen molar-refractivity contribution < 1.29 is 23.3 Å². The Kier molecular flexibility index (Phi) is 9.60. The van der Waals surface area contributed by atoms with Gasteiger partial charge < -0.3 is 14.7 Å². The number of amides is 4. The van der Waals surface area contributed by atoms with Crippen molar-refractivity contribution in [3.63, 3.8) is 0 Å². The van der Waals surface area contributed by atoms with Gasteiger partial charge in [-0.05, 0) is 85.6 Å². The van der Waals surface area contributed by atoms with E-state index < -0.39 is 11.9 Å². The van der Waals surface area contributed by atoms with Crippen LogP contribution in [0.15, 0.2) is 53.4 Å². The molecule has 0 saturated carbocycles. The Morgan fingerprint density at radius 1 is 1.09 bits per heavy atom. The van der Waals surface area contributed by atoms with Gasteiger partial charge in [0.05, 0.1) is 11.2 Å². The number of aromatic nitrogens is 7. The summed E-state index contributed by atoms with van der Waals surface area (Å²) in [5, 5.41) is 18.5. The number of rotatable bonds is 9. The highest BCUT2D eigenvalue weighted by Crippen LogP contribution is 2.36. The monoisotopic (exact) mass is 761 g/mol. The summed E-state index contributed by atoms with van der Waals surface area (Å²) < 4.78 is 24.7. The maximum Gasteiger partial charge on any atom is 0.329 e. The van der Waals surface area contributed by atoms with Crippen LogP contribution in [0.4, 0.5) is 15.0 Å². The number of likely N-dealkylation sites (tertiary alicyclic amines) is 1. The Morgan fingerprint density at radius 3 is 2.62 bits per heavy atom. The number of nitrogens with zero attached hydrogens (tertiary/aromatic N) is 9. The Morgan fingerprint density at radius 2 is 1.89 bits per heavy atom. The molecule has 4 aromatic heterocycles. The topological polar surface area (TPSA) is 169 Å². The second-order valence-corrected chi connectivity index (χ2v) is 15.7. The molecule has 2 fully saturated rings. The number of fused-ring (bicyclic) bond motifs is 2. The summed E-state index contributed by atoms with van der Waals surface area (Å²) in [6, 6.07) is 11.3. The number of imide groups is 1. The van der Waals surface area contributed by atoms with Crippen LogP contribution in [0.25, 0.3) is 27.7 Å². The predicted molar refractivity (Wildman–Crippen MR) is 206 cm³/mol. The highest BCUT2D eigenvalue weighted by molar-refractivity contribution is 6.09. The number of urea groups is 1. The van der Waals surface area contributed by atoms with E-state index in [-0.39, 0.29) is 41.8 Å². The average Bonchev–Trinajstić information content (AvgIpc) is 3.92. The first kappa shape index (κ1) is 36.9. The molecular weight excluding hydrogens is 718 g/mol. The van der Waals surface area contributed by atoms with Gasteiger partial charge in [0.2, 0.25) is 11.8 Å². The molecule has 2 aliphatic heterocycles. The number of carbonyl (C=O) groups excluding carboxylic acids is 3. The first-order valence-electron chi connectivity index (χ1n) is 18.9. The van der Waals surface area contributed by atoms with Crippen LogP contribution in [0.1, 0.15) is 84.7 Å². The number of aryl methyl sites for hydroxylation is 2. The van der Waals surface area contributed by atoms with Gasteiger partial charge >= 0.3 is 6.03 Å². The fourth-order valence-corrected chi connectivity index (χ4v) is 7.62. The molecule has 16 heteroatoms. The quantitative estimate of drug-likeness (QED) is 0.200. The maximum atomic E-state index is 16.1. The summed E-state index contributed by atoms with van der Waals surface area (Å²) in [6.07, 6.45) is 6.26. The standard InChI is InChI=1S/C40H44FN11O4/c1-23-18-26(6-7-27(23)20-42-37(54)35-46-38(56-48-35)40(2,3)4)33-30-19-24(21-52(30)44-22-43-33)10-14-50-15-11-25(12-16-50)28-8-9-29-34(32(28)41)49(5)47-36(29)51-17-13-31(53)45-39(51)55/h6-9,18-19,21-22,25H,10-17,20H2,1-5H3,(H,42,54)(H,45,53,55). The number of carbonyl (C=O) groups is 3. The molecule has 15 nitrogen and oxygen atoms in total. The van der Waals surface area contributed by atoms with E-state index in [4.69, 9.17) is 4.52 Å². The van der Waals surface area contributed by atoms with Crippen molar-refractivity contribution in [2.45, 2.75) is 71.3 Å². The molecular formula is C40H44FN11O4. The fraction of sp³-hybridized carbons (Fsp3) is 0.400. The Hall–Kier alpha value is -6.03. The molecule has 4 amide bonds. The third kappa shape index (κ3) is 7.11. The van der Waals surface area contributed by atoms with Crippen molar-refractivity contribution in [2.75, 3.05) is 31.1 Å². The zero-order valence-electron chi connectivity index (χ0n) is 32.1. The van der Waals surface area contributed by atoms with Gasteiger partial charge in [-0.25, -0.2) is 18.7 Å². The van der Waals surface area contributed by atoms with E-state index in [0.29, 0.717) is 34.7 Å². The second kappa shape index (κ2) is 14.6. The lowest BCUT2D eigenvalue weighted by Gasteiger charge is -2.32. The first-order chi connectivity index (χ1) is 26.8. The molecule has 0 bridgehead atoms. The molecule has 0 aliphatic carbocycles. The van der Waals surface area contributed by atoms with Crippen molar-refractivity contribution in [1.29, 1.82) is 0 Å². The van der Waals surface area contributed by atoms with Crippen LogP contribution in [-0.4, -0.2) is 83.4 Å². The number of piperidine rings is 1. The zero-order chi connectivity index (χ0) is 39.3. The molecule has 2 aliphatic rings. The van der Waals surface area contributed by atoms with Gasteiger partial charge in [-0.15, -0.1) is 0 Å². The minimum Gasteiger partial charge on any atom is -0.345 e. The Balaban J connectivity index is 0.886. The van der Waals surface area contributed by atoms with E-state index >= 15 is 4.39 Å². The zero-order valence-corrected chi connectivity index (χ0v) is 32.1. The average molecular weight is 762 g/mol. The van der Waals surface area contributed by atoms with Crippen LogP contribution in [-0.2, 0) is 30.2 Å². The minimum absolute atomic E-state index is 0.0128. The summed E-state index contributed by atoms with van der Waals surface area (Å²) in [7, 11) is 1.68. The van der Waals surface area contributed by atoms with Gasteiger partial charge in [0.15, 0.2) is 11.6 Å². The number of hydrogen-bond acceptors (Lipinski definition) is 10. The fourth-order valence-electron chi connectivity index (χ4n) is 7.62. The molecule has 0 spiro atoms. The molecule has 0 atom stereocenters. The van der Waals surface area contributed by atoms with Crippen molar-refractivity contribution in [2.24, 2.45) is 7.05 Å². The number of hydrogen-bond donors (Lipinski definition) is 2. The van der Waals surface area contributed by atoms with Gasteiger partial charge in [-0.1, -0.05) is 44.1 Å². The van der Waals surface area contributed by atoms with Crippen molar-refractivity contribution >= 4 is 40.1 Å². The summed E-state index contributed by atoms with van der Waals surface area (Å²) >= 11 is 0. The van der Waals surface area contributed by atoms with Crippen LogP contribution >= 0.6 is 0 Å². The highest BCUT2D eigenvalue weighted by atomic mass is 19.1. The summed E-state index contributed by atoms with van der Waals surface area (Å²) in [4.78, 5) is 49.5. The number of anilines is 1. The van der Waals surface area contributed by atoms with Crippen LogP contribution in [0.2, 0.25) is 0 Å². The van der Waals surface area contributed by atoms with E-state index in [2.05, 4.69) is 53.0 Å². The molecule has 2 saturated heterocycles. The number of halogens is 1. The SMILES string of the molecule is Cc1cc(-c2ncnn3cc(CCN4CCC(c5ccc6c(N7CCC(=O)NC7=O)nn(C)c6c5F)CC4)cc23)ccc1CNC(=O)c1noc(C(C)(C)C)n1. The molecule has 0 radical (unpaired) electrons. The van der Waals surface area contributed by atoms with Gasteiger partial charge in [-0.3, -0.25) is 24.5 Å². The third-order valence-electron chi connectivity index (χ3n) is 10.8. The number of nitrogens with one attached hydrogen (secondary N) is 2. The smallest absolute Gasteiger partial charge is 0.329 e. The second-order valence-electron chi connectivity index (χ2n) is 15.7. The van der Waals surface area contributed by atoms with Gasteiger partial charge in [0.25, 0.3) is 11.7 Å². The van der Waals surface area contributed by atoms with Gasteiger partial charge in [-0.2, -0.15) is 15.2 Å². The molecule has 8 rings (SSSR count). The minimum atomic E-state index is -0.543. The van der Waals surface area contributed by atoms with E-state index in [1.54, 1.807) is 13.4 Å². The van der Waals surface area contributed by atoms with Crippen LogP contribution < -0.4 is 15.5 Å². The molecule has 0 unspecified atom stereocenters. The van der Waals surface area contributed by atoms with Crippen LogP contribution in [0.5, 0.6) is 0 Å². The lowest BCUT2D eigenvalue weighted by Crippen LogP contribution is -2.49. The Bertz CT molecular complexity index is 2490. The highest BCUT2D eigenvalue weighted by Gasteiger charge is 2.31. The lowest BCUT2D eigenvalue weighted by molar-refractivity contribution is -0.120. The summed E-state index contributed by atoms with van der Waals surface area (Å²) in [5.74, 6) is -0.185. The largest absolute Gasteiger partial charge is 0.345 e. The molecule has 56 heavy (non-hydrogen) atoms. The lowest BCUT2D eigenvalue weighted by atomic mass is 9.88. The third-order valence-corrected chi connectivity index (χ3v) is 10.8. The van der Waals surface area contributed by atoms with Crippen molar-refractivity contribution in [3.05, 3.63) is 88.7 Å². The predicted octanol–water partition coefficient (Wildman–Crippen LogP) is 5.21. The summed E-state index contributed by atoms with van der Waals surface area (Å²) in [5.41, 5.74) is 6.48. The van der Waals surface area contributed by atoms with E-state index in [1.165, 1.54) is 9.58 Å². The molecule has 290 valence electrons. The van der Waals surface area contributed by atoms with E-state index in [1.807, 2.05) is 62.7 Å². The number of benzene rings is 2. The molecule has 6 heterocycles.